The van der Waals surface area contributed by atoms with Crippen LogP contribution >= 0.6 is 0 Å². The summed E-state index contributed by atoms with van der Waals surface area (Å²) in [7, 11) is 0. The lowest BCUT2D eigenvalue weighted by Gasteiger charge is -2.28. The predicted molar refractivity (Wildman–Crippen MR) is 82.5 cm³/mol. The second-order valence-corrected chi connectivity index (χ2v) is 5.49. The number of hydrogen-bond acceptors (Lipinski definition) is 7. The van der Waals surface area contributed by atoms with E-state index >= 15 is 0 Å². The second-order valence-electron chi connectivity index (χ2n) is 5.49. The van der Waals surface area contributed by atoms with Crippen LogP contribution in [0.25, 0.3) is 0 Å². The van der Waals surface area contributed by atoms with Crippen LogP contribution in [0, 0.1) is 0 Å². The molecule has 126 valence electrons. The third kappa shape index (κ3) is 2.21. The average molecular weight is 340 g/mol. The van der Waals surface area contributed by atoms with Gasteiger partial charge in [0.2, 0.25) is 11.6 Å². The Morgan fingerprint density at radius 1 is 0.680 bits per heavy atom. The van der Waals surface area contributed by atoms with Gasteiger partial charge in [-0.1, -0.05) is 60.7 Å². The van der Waals surface area contributed by atoms with Gasteiger partial charge in [-0.25, -0.2) is 9.59 Å². The first-order chi connectivity index (χ1) is 11.8. The van der Waals surface area contributed by atoms with E-state index in [1.165, 1.54) is 48.5 Å². The maximum absolute atomic E-state index is 12.7. The standard InChI is InChI=1S/C18H12O7/c19-13(11-7-3-1-4-8-11)17(23)15(21)25-16(22)18(17,24)14(20)12-9-5-2-6-10-12/h1-10,23-24H/t17-,18-/m0/s1. The summed E-state index contributed by atoms with van der Waals surface area (Å²) in [6, 6.07) is 14.1. The van der Waals surface area contributed by atoms with Crippen LogP contribution in [0.3, 0.4) is 0 Å². The topological polar surface area (TPSA) is 118 Å². The van der Waals surface area contributed by atoms with E-state index in [0.29, 0.717) is 0 Å². The first-order valence-corrected chi connectivity index (χ1v) is 7.24. The fourth-order valence-corrected chi connectivity index (χ4v) is 2.64. The van der Waals surface area contributed by atoms with Crippen molar-refractivity contribution >= 4 is 23.5 Å². The molecule has 0 saturated carbocycles. The first-order valence-electron chi connectivity index (χ1n) is 7.24. The highest BCUT2D eigenvalue weighted by molar-refractivity contribution is 6.33. The minimum Gasteiger partial charge on any atom is -0.388 e. The summed E-state index contributed by atoms with van der Waals surface area (Å²) in [5.41, 5.74) is -7.09. The van der Waals surface area contributed by atoms with E-state index in [1.54, 1.807) is 12.1 Å². The maximum Gasteiger partial charge on any atom is 0.358 e. The van der Waals surface area contributed by atoms with Crippen LogP contribution in [0.1, 0.15) is 20.7 Å². The van der Waals surface area contributed by atoms with Crippen LogP contribution in [0.4, 0.5) is 0 Å². The van der Waals surface area contributed by atoms with Crippen molar-refractivity contribution in [3.8, 4) is 0 Å². The zero-order valence-corrected chi connectivity index (χ0v) is 12.7. The van der Waals surface area contributed by atoms with Crippen molar-refractivity contribution in [1.82, 2.24) is 0 Å². The SMILES string of the molecule is O=C1OC(=O)[C@@](O)(C(=O)c2ccccc2)[C@]1(O)C(=O)c1ccccc1. The Hall–Kier alpha value is -3.16. The third-order valence-corrected chi connectivity index (χ3v) is 4.03. The van der Waals surface area contributed by atoms with Gasteiger partial charge in [-0.3, -0.25) is 9.59 Å². The fourth-order valence-electron chi connectivity index (χ4n) is 2.64. The molecule has 1 aliphatic rings. The molecule has 2 atom stereocenters. The molecule has 1 aliphatic heterocycles. The monoisotopic (exact) mass is 340 g/mol. The number of carbonyl (C=O) groups excluding carboxylic acids is 4. The van der Waals surface area contributed by atoms with Crippen molar-refractivity contribution in [2.75, 3.05) is 0 Å². The minimum absolute atomic E-state index is 0.170. The van der Waals surface area contributed by atoms with Gasteiger partial charge in [0, 0.05) is 11.1 Å². The molecular weight excluding hydrogens is 328 g/mol. The number of Topliss-reactive ketones (excluding diaryl/α,β-unsaturated/α-hetero) is 2. The van der Waals surface area contributed by atoms with E-state index in [4.69, 9.17) is 0 Å². The molecule has 0 aromatic heterocycles. The highest BCUT2D eigenvalue weighted by atomic mass is 16.6. The molecule has 25 heavy (non-hydrogen) atoms. The Balaban J connectivity index is 2.16. The van der Waals surface area contributed by atoms with E-state index in [2.05, 4.69) is 4.74 Å². The Labute approximate surface area is 141 Å². The van der Waals surface area contributed by atoms with E-state index in [0.717, 1.165) is 0 Å². The van der Waals surface area contributed by atoms with Crippen LogP contribution in [-0.4, -0.2) is 44.9 Å². The summed E-state index contributed by atoms with van der Waals surface area (Å²) in [6.07, 6.45) is 0. The van der Waals surface area contributed by atoms with E-state index in [9.17, 15) is 29.4 Å². The van der Waals surface area contributed by atoms with Crippen molar-refractivity contribution in [1.29, 1.82) is 0 Å². The molecule has 2 aromatic rings. The summed E-state index contributed by atoms with van der Waals surface area (Å²) >= 11 is 0. The average Bonchev–Trinajstić information content (AvgIpc) is 2.83. The smallest absolute Gasteiger partial charge is 0.358 e. The summed E-state index contributed by atoms with van der Waals surface area (Å²) in [5, 5.41) is 21.4. The molecule has 0 radical (unpaired) electrons. The van der Waals surface area contributed by atoms with Gasteiger partial charge in [-0.15, -0.1) is 0 Å². The first kappa shape index (κ1) is 16.7. The van der Waals surface area contributed by atoms with Gasteiger partial charge in [0.1, 0.15) is 0 Å². The number of ether oxygens (including phenoxy) is 1. The molecule has 7 heteroatoms. The lowest BCUT2D eigenvalue weighted by molar-refractivity contribution is -0.157. The van der Waals surface area contributed by atoms with Crippen molar-refractivity contribution in [3.05, 3.63) is 71.8 Å². The maximum atomic E-state index is 12.7. The van der Waals surface area contributed by atoms with Crippen LogP contribution < -0.4 is 0 Å². The predicted octanol–water partition coefficient (Wildman–Crippen LogP) is 0.298. The van der Waals surface area contributed by atoms with Crippen molar-refractivity contribution < 1.29 is 34.1 Å². The summed E-state index contributed by atoms with van der Waals surface area (Å²) in [5.74, 6) is -6.01. The van der Waals surface area contributed by atoms with Gasteiger partial charge >= 0.3 is 11.9 Å². The molecule has 0 aliphatic carbocycles. The number of benzene rings is 2. The minimum atomic E-state index is -3.38. The molecule has 0 amide bonds. The lowest BCUT2D eigenvalue weighted by Crippen LogP contribution is -2.65. The van der Waals surface area contributed by atoms with Crippen LogP contribution in [0.2, 0.25) is 0 Å². The quantitative estimate of drug-likeness (QED) is 0.467. The largest absolute Gasteiger partial charge is 0.388 e. The van der Waals surface area contributed by atoms with Gasteiger partial charge in [-0.2, -0.15) is 0 Å². The van der Waals surface area contributed by atoms with Gasteiger partial charge < -0.3 is 14.9 Å². The van der Waals surface area contributed by atoms with Crippen molar-refractivity contribution in [3.63, 3.8) is 0 Å². The van der Waals surface area contributed by atoms with E-state index in [-0.39, 0.29) is 11.1 Å². The number of aliphatic hydroxyl groups is 2. The Kier molecular flexibility index (Phi) is 3.82. The second kappa shape index (κ2) is 5.73. The zero-order chi connectivity index (χ0) is 18.2. The van der Waals surface area contributed by atoms with Crippen LogP contribution in [0.15, 0.2) is 60.7 Å². The van der Waals surface area contributed by atoms with Gasteiger partial charge in [-0.05, 0) is 0 Å². The highest BCUT2D eigenvalue weighted by Gasteiger charge is 2.76. The molecular formula is C18H12O7. The third-order valence-electron chi connectivity index (χ3n) is 4.03. The number of ketones is 2. The molecule has 0 bridgehead atoms. The van der Waals surface area contributed by atoms with E-state index < -0.39 is 34.7 Å². The van der Waals surface area contributed by atoms with E-state index in [1.807, 2.05) is 0 Å². The molecule has 2 N–H and O–H groups in total. The van der Waals surface area contributed by atoms with Gasteiger partial charge in [0.05, 0.1) is 0 Å². The normalized spacial score (nSPS) is 25.5. The molecule has 1 fully saturated rings. The lowest BCUT2D eigenvalue weighted by atomic mass is 9.75. The number of carbonyl (C=O) groups is 4. The summed E-state index contributed by atoms with van der Waals surface area (Å²) in [4.78, 5) is 49.4. The molecule has 0 unspecified atom stereocenters. The zero-order valence-electron chi connectivity index (χ0n) is 12.7. The number of cyclic esters (lactones) is 2. The van der Waals surface area contributed by atoms with Gasteiger partial charge in [0.25, 0.3) is 11.2 Å². The summed E-state index contributed by atoms with van der Waals surface area (Å²) in [6.45, 7) is 0. The molecule has 7 nitrogen and oxygen atoms in total. The number of esters is 2. The van der Waals surface area contributed by atoms with Gasteiger partial charge in [0.15, 0.2) is 0 Å². The fraction of sp³-hybridized carbons (Fsp3) is 0.111. The highest BCUT2D eigenvalue weighted by Crippen LogP contribution is 2.37. The van der Waals surface area contributed by atoms with Crippen molar-refractivity contribution in [2.24, 2.45) is 0 Å². The summed E-state index contributed by atoms with van der Waals surface area (Å²) < 4.78 is 4.26. The van der Waals surface area contributed by atoms with Crippen molar-refractivity contribution in [2.45, 2.75) is 11.2 Å². The number of rotatable bonds is 4. The molecule has 2 aromatic carbocycles. The Morgan fingerprint density at radius 3 is 1.32 bits per heavy atom. The number of hydrogen-bond donors (Lipinski definition) is 2. The van der Waals surface area contributed by atoms with Crippen LogP contribution in [0.5, 0.6) is 0 Å². The molecule has 1 saturated heterocycles. The molecule has 1 heterocycles. The van der Waals surface area contributed by atoms with Crippen LogP contribution in [-0.2, 0) is 14.3 Å². The molecule has 0 spiro atoms. The Bertz CT molecular complexity index is 801. The Morgan fingerprint density at radius 2 is 1.00 bits per heavy atom. The molecule has 3 rings (SSSR count).